The van der Waals surface area contributed by atoms with Crippen molar-refractivity contribution in [3.05, 3.63) is 70.6 Å². The summed E-state index contributed by atoms with van der Waals surface area (Å²) in [6.45, 7) is 0.497. The third-order valence-corrected chi connectivity index (χ3v) is 3.79. The first kappa shape index (κ1) is 13.2. The first-order chi connectivity index (χ1) is 9.69. The molecule has 0 unspecified atom stereocenters. The maximum Gasteiger partial charge on any atom is 0.123 e. The molecule has 0 bridgehead atoms. The Bertz CT molecular complexity index is 766. The molecular weight excluding hydrogens is 277 g/mol. The highest BCUT2D eigenvalue weighted by Gasteiger charge is 2.08. The van der Waals surface area contributed by atoms with Gasteiger partial charge in [-0.15, -0.1) is 0 Å². The van der Waals surface area contributed by atoms with Crippen molar-refractivity contribution in [1.29, 1.82) is 0 Å². The maximum absolute atomic E-state index is 13.3. The average Bonchev–Trinajstić information content (AvgIpc) is 2.86. The summed E-state index contributed by atoms with van der Waals surface area (Å²) in [4.78, 5) is 0. The summed E-state index contributed by atoms with van der Waals surface area (Å²) in [5.41, 5.74) is 2.61. The van der Waals surface area contributed by atoms with E-state index in [1.54, 1.807) is 6.07 Å². The summed E-state index contributed by atoms with van der Waals surface area (Å²) in [5.74, 6) is -0.295. The molecule has 1 aromatic heterocycles. The normalized spacial score (nSPS) is 11.2. The number of fused-ring (bicyclic) bond motifs is 1. The lowest BCUT2D eigenvalue weighted by Gasteiger charge is -2.08. The average molecular weight is 290 g/mol. The van der Waals surface area contributed by atoms with E-state index in [0.29, 0.717) is 11.6 Å². The van der Waals surface area contributed by atoms with Crippen molar-refractivity contribution in [1.82, 2.24) is 4.57 Å². The van der Waals surface area contributed by atoms with Crippen LogP contribution in [0.3, 0.4) is 0 Å². The van der Waals surface area contributed by atoms with Gasteiger partial charge in [0.1, 0.15) is 5.82 Å². The lowest BCUT2D eigenvalue weighted by atomic mass is 10.1. The zero-order valence-electron chi connectivity index (χ0n) is 10.7. The molecule has 1 heterocycles. The van der Waals surface area contributed by atoms with E-state index >= 15 is 0 Å². The molecule has 2 aromatic carbocycles. The van der Waals surface area contributed by atoms with Crippen LogP contribution in [0.1, 0.15) is 11.1 Å². The van der Waals surface area contributed by atoms with Crippen LogP contribution in [-0.2, 0) is 13.2 Å². The van der Waals surface area contributed by atoms with Crippen LogP contribution in [0.4, 0.5) is 4.39 Å². The molecule has 0 radical (unpaired) electrons. The van der Waals surface area contributed by atoms with Crippen LogP contribution in [0.5, 0.6) is 0 Å². The smallest absolute Gasteiger partial charge is 0.123 e. The number of aliphatic hydroxyl groups excluding tert-OH is 1. The number of aliphatic hydroxyl groups is 1. The van der Waals surface area contributed by atoms with Gasteiger partial charge in [0.25, 0.3) is 0 Å². The molecule has 0 aliphatic heterocycles. The highest BCUT2D eigenvalue weighted by molar-refractivity contribution is 6.31. The van der Waals surface area contributed by atoms with Crippen LogP contribution in [0.2, 0.25) is 5.02 Å². The van der Waals surface area contributed by atoms with Gasteiger partial charge in [0.05, 0.1) is 6.61 Å². The summed E-state index contributed by atoms with van der Waals surface area (Å²) < 4.78 is 15.3. The molecule has 102 valence electrons. The Morgan fingerprint density at radius 3 is 2.75 bits per heavy atom. The monoisotopic (exact) mass is 289 g/mol. The van der Waals surface area contributed by atoms with E-state index in [1.165, 1.54) is 12.1 Å². The van der Waals surface area contributed by atoms with Crippen molar-refractivity contribution < 1.29 is 9.50 Å². The molecule has 3 rings (SSSR count). The first-order valence-corrected chi connectivity index (χ1v) is 6.68. The third kappa shape index (κ3) is 2.30. The predicted molar refractivity (Wildman–Crippen MR) is 78.4 cm³/mol. The molecule has 4 heteroatoms. The van der Waals surface area contributed by atoms with Gasteiger partial charge in [-0.05, 0) is 41.5 Å². The third-order valence-electron chi connectivity index (χ3n) is 3.42. The first-order valence-electron chi connectivity index (χ1n) is 6.30. The molecular formula is C16H13ClFNO. The number of nitrogens with zero attached hydrogens (tertiary/aromatic N) is 1. The largest absolute Gasteiger partial charge is 0.392 e. The highest BCUT2D eigenvalue weighted by Crippen LogP contribution is 2.24. The molecule has 0 aliphatic rings. The molecule has 0 amide bonds. The summed E-state index contributed by atoms with van der Waals surface area (Å²) >= 11 is 6.10. The second-order valence-corrected chi connectivity index (χ2v) is 5.09. The van der Waals surface area contributed by atoms with Crippen LogP contribution < -0.4 is 0 Å². The van der Waals surface area contributed by atoms with Crippen LogP contribution in [-0.4, -0.2) is 9.67 Å². The fourth-order valence-electron chi connectivity index (χ4n) is 2.41. The topological polar surface area (TPSA) is 25.2 Å². The lowest BCUT2D eigenvalue weighted by Crippen LogP contribution is -1.99. The second-order valence-electron chi connectivity index (χ2n) is 4.69. The van der Waals surface area contributed by atoms with E-state index in [-0.39, 0.29) is 12.4 Å². The molecule has 0 saturated heterocycles. The van der Waals surface area contributed by atoms with E-state index < -0.39 is 0 Å². The van der Waals surface area contributed by atoms with Crippen molar-refractivity contribution >= 4 is 22.5 Å². The number of hydrogen-bond acceptors (Lipinski definition) is 1. The molecule has 0 atom stereocenters. The minimum absolute atomic E-state index is 0.00206. The molecule has 3 aromatic rings. The van der Waals surface area contributed by atoms with Crippen LogP contribution in [0, 0.1) is 5.82 Å². The van der Waals surface area contributed by atoms with E-state index in [4.69, 9.17) is 11.6 Å². The van der Waals surface area contributed by atoms with Gasteiger partial charge in [0.15, 0.2) is 0 Å². The Kier molecular flexibility index (Phi) is 3.47. The van der Waals surface area contributed by atoms with Gasteiger partial charge in [0.2, 0.25) is 0 Å². The molecule has 0 fully saturated rings. The summed E-state index contributed by atoms with van der Waals surface area (Å²) in [5, 5.41) is 10.9. The minimum Gasteiger partial charge on any atom is -0.392 e. The van der Waals surface area contributed by atoms with E-state index in [1.807, 2.05) is 35.0 Å². The zero-order chi connectivity index (χ0) is 14.1. The van der Waals surface area contributed by atoms with E-state index in [2.05, 4.69) is 0 Å². The quantitative estimate of drug-likeness (QED) is 0.775. The van der Waals surface area contributed by atoms with E-state index in [9.17, 15) is 9.50 Å². The van der Waals surface area contributed by atoms with Gasteiger partial charge in [-0.25, -0.2) is 4.39 Å². The minimum atomic E-state index is -0.295. The SMILES string of the molecule is OCc1cccc2c1ccn2Cc1cc(F)ccc1Cl. The Morgan fingerprint density at radius 2 is 1.95 bits per heavy atom. The second kappa shape index (κ2) is 5.27. The standard InChI is InChI=1S/C16H13ClFNO/c17-15-5-4-13(18)8-12(15)9-19-7-6-14-11(10-20)2-1-3-16(14)19/h1-8,20H,9-10H2. The van der Waals surface area contributed by atoms with Crippen molar-refractivity contribution in [3.8, 4) is 0 Å². The number of benzene rings is 2. The summed E-state index contributed by atoms with van der Waals surface area (Å²) in [6.07, 6.45) is 1.92. The number of hydrogen-bond donors (Lipinski definition) is 1. The van der Waals surface area contributed by atoms with Crippen LogP contribution in [0.15, 0.2) is 48.7 Å². The van der Waals surface area contributed by atoms with Crippen molar-refractivity contribution in [2.45, 2.75) is 13.2 Å². The predicted octanol–water partition coefficient (Wildman–Crippen LogP) is 3.97. The molecule has 0 aliphatic carbocycles. The fourth-order valence-corrected chi connectivity index (χ4v) is 2.59. The molecule has 0 saturated carbocycles. The molecule has 0 spiro atoms. The van der Waals surface area contributed by atoms with Gasteiger partial charge in [-0.3, -0.25) is 0 Å². The Balaban J connectivity index is 2.05. The molecule has 20 heavy (non-hydrogen) atoms. The maximum atomic E-state index is 13.3. The van der Waals surface area contributed by atoms with Crippen molar-refractivity contribution in [2.24, 2.45) is 0 Å². The Hall–Kier alpha value is -1.84. The Morgan fingerprint density at radius 1 is 1.10 bits per heavy atom. The Labute approximate surface area is 121 Å². The lowest BCUT2D eigenvalue weighted by molar-refractivity contribution is 0.283. The van der Waals surface area contributed by atoms with Gasteiger partial charge >= 0.3 is 0 Å². The van der Waals surface area contributed by atoms with Crippen molar-refractivity contribution in [3.63, 3.8) is 0 Å². The van der Waals surface area contributed by atoms with Gasteiger partial charge < -0.3 is 9.67 Å². The van der Waals surface area contributed by atoms with E-state index in [0.717, 1.165) is 22.0 Å². The summed E-state index contributed by atoms with van der Waals surface area (Å²) in [6, 6.07) is 12.1. The number of aromatic nitrogens is 1. The molecule has 1 N–H and O–H groups in total. The van der Waals surface area contributed by atoms with Gasteiger partial charge in [-0.1, -0.05) is 23.7 Å². The number of rotatable bonds is 3. The van der Waals surface area contributed by atoms with Crippen LogP contribution in [0.25, 0.3) is 10.9 Å². The van der Waals surface area contributed by atoms with Crippen LogP contribution >= 0.6 is 11.6 Å². The van der Waals surface area contributed by atoms with Gasteiger partial charge in [0, 0.05) is 28.7 Å². The zero-order valence-corrected chi connectivity index (χ0v) is 11.4. The molecule has 2 nitrogen and oxygen atoms in total. The fraction of sp³-hybridized carbons (Fsp3) is 0.125. The highest BCUT2D eigenvalue weighted by atomic mass is 35.5. The summed E-state index contributed by atoms with van der Waals surface area (Å²) in [7, 11) is 0. The van der Waals surface area contributed by atoms with Crippen molar-refractivity contribution in [2.75, 3.05) is 0 Å². The van der Waals surface area contributed by atoms with Gasteiger partial charge in [-0.2, -0.15) is 0 Å². The number of halogens is 2.